The molecule has 2 aliphatic rings. The summed E-state index contributed by atoms with van der Waals surface area (Å²) in [7, 11) is 0. The van der Waals surface area contributed by atoms with Crippen LogP contribution in [0, 0.1) is 11.8 Å². The maximum atomic E-state index is 11.7. The molecule has 116 valence electrons. The molecule has 0 spiro atoms. The number of aromatic amines is 1. The van der Waals surface area contributed by atoms with Crippen molar-refractivity contribution in [1.82, 2.24) is 10.2 Å². The molecule has 1 saturated carbocycles. The number of anilines is 1. The highest BCUT2D eigenvalue weighted by Gasteiger charge is 2.39. The summed E-state index contributed by atoms with van der Waals surface area (Å²) < 4.78 is 0. The molecule has 0 radical (unpaired) electrons. The number of nitrogens with one attached hydrogen (secondary N) is 1. The zero-order valence-electron chi connectivity index (χ0n) is 12.3. The van der Waals surface area contributed by atoms with Gasteiger partial charge in [-0.25, -0.2) is 5.10 Å². The summed E-state index contributed by atoms with van der Waals surface area (Å²) in [5.41, 5.74) is 0.353. The second-order valence-electron chi connectivity index (χ2n) is 6.45. The van der Waals surface area contributed by atoms with Crippen LogP contribution in [0.1, 0.15) is 39.0 Å². The molecule has 2 N–H and O–H groups in total. The normalized spacial score (nSPS) is 33.4. The molecule has 0 amide bonds. The van der Waals surface area contributed by atoms with Gasteiger partial charge in [-0.2, -0.15) is 5.10 Å². The van der Waals surface area contributed by atoms with Gasteiger partial charge in [0.05, 0.1) is 18.0 Å². The maximum Gasteiger partial charge on any atom is 0.285 e. The van der Waals surface area contributed by atoms with Crippen LogP contribution in [0.25, 0.3) is 0 Å². The van der Waals surface area contributed by atoms with E-state index in [-0.39, 0.29) is 28.6 Å². The van der Waals surface area contributed by atoms with Crippen molar-refractivity contribution in [1.29, 1.82) is 0 Å². The summed E-state index contributed by atoms with van der Waals surface area (Å²) in [6.45, 7) is 3.12. The Balaban J connectivity index is 1.88. The molecule has 4 atom stereocenters. The molecular formula is C15H22ClN3O2. The lowest BCUT2D eigenvalue weighted by Gasteiger charge is -2.40. The van der Waals surface area contributed by atoms with Gasteiger partial charge in [0.2, 0.25) is 0 Å². The molecule has 1 saturated heterocycles. The van der Waals surface area contributed by atoms with Crippen molar-refractivity contribution in [3.63, 3.8) is 0 Å². The summed E-state index contributed by atoms with van der Waals surface area (Å²) in [4.78, 5) is 13.8. The fourth-order valence-corrected chi connectivity index (χ4v) is 4.13. The Morgan fingerprint density at radius 1 is 1.43 bits per heavy atom. The number of H-pyrrole nitrogens is 1. The van der Waals surface area contributed by atoms with Gasteiger partial charge in [-0.15, -0.1) is 0 Å². The second-order valence-corrected chi connectivity index (χ2v) is 6.83. The number of aromatic nitrogens is 2. The van der Waals surface area contributed by atoms with Gasteiger partial charge in [0.25, 0.3) is 5.56 Å². The van der Waals surface area contributed by atoms with E-state index in [9.17, 15) is 9.90 Å². The van der Waals surface area contributed by atoms with Crippen molar-refractivity contribution in [2.24, 2.45) is 11.8 Å². The van der Waals surface area contributed by atoms with Crippen LogP contribution in [0.4, 0.5) is 5.69 Å². The van der Waals surface area contributed by atoms with Gasteiger partial charge in [-0.05, 0) is 38.0 Å². The highest BCUT2D eigenvalue weighted by Crippen LogP contribution is 2.39. The molecule has 0 unspecified atom stereocenters. The predicted octanol–water partition coefficient (Wildman–Crippen LogP) is 2.19. The molecule has 1 aliphatic heterocycles. The van der Waals surface area contributed by atoms with Crippen LogP contribution in [0.15, 0.2) is 11.0 Å². The standard InChI is InChI=1S/C15H22ClN3O2/c1-9-4-5-13(20)10(7-9)11-3-2-6-19(11)12-8-17-18-15(21)14(12)16/h8-11,13,20H,2-7H2,1H3,(H,18,21)/t9-,10+,11+,13+/m1/s1. The van der Waals surface area contributed by atoms with Gasteiger partial charge in [-0.1, -0.05) is 18.5 Å². The Labute approximate surface area is 129 Å². The van der Waals surface area contributed by atoms with E-state index in [1.165, 1.54) is 0 Å². The Morgan fingerprint density at radius 2 is 2.24 bits per heavy atom. The van der Waals surface area contributed by atoms with Crippen LogP contribution in [0.2, 0.25) is 5.02 Å². The largest absolute Gasteiger partial charge is 0.393 e. The summed E-state index contributed by atoms with van der Waals surface area (Å²) in [5.74, 6) is 0.903. The van der Waals surface area contributed by atoms with E-state index >= 15 is 0 Å². The van der Waals surface area contributed by atoms with Crippen LogP contribution in [-0.2, 0) is 0 Å². The van der Waals surface area contributed by atoms with E-state index < -0.39 is 0 Å². The average molecular weight is 312 g/mol. The van der Waals surface area contributed by atoms with Gasteiger partial charge in [0.1, 0.15) is 5.02 Å². The number of hydrogen-bond acceptors (Lipinski definition) is 4. The molecule has 21 heavy (non-hydrogen) atoms. The quantitative estimate of drug-likeness (QED) is 0.878. The maximum absolute atomic E-state index is 11.7. The fourth-order valence-electron chi connectivity index (χ4n) is 3.93. The van der Waals surface area contributed by atoms with E-state index in [1.807, 2.05) is 0 Å². The minimum absolute atomic E-state index is 0.204. The van der Waals surface area contributed by atoms with E-state index in [4.69, 9.17) is 11.6 Å². The number of nitrogens with zero attached hydrogens (tertiary/aromatic N) is 2. The van der Waals surface area contributed by atoms with Crippen molar-refractivity contribution in [2.75, 3.05) is 11.4 Å². The smallest absolute Gasteiger partial charge is 0.285 e. The topological polar surface area (TPSA) is 69.2 Å². The SMILES string of the molecule is C[C@@H]1CC[C@H](O)[C@H]([C@@H]2CCCN2c2cn[nH]c(=O)c2Cl)C1. The molecule has 2 fully saturated rings. The molecule has 2 heterocycles. The zero-order valence-corrected chi connectivity index (χ0v) is 13.0. The number of rotatable bonds is 2. The minimum atomic E-state index is -0.350. The molecule has 6 heteroatoms. The first-order valence-electron chi connectivity index (χ1n) is 7.76. The third-order valence-corrected chi connectivity index (χ3v) is 5.37. The molecule has 5 nitrogen and oxygen atoms in total. The third-order valence-electron chi connectivity index (χ3n) is 5.00. The first kappa shape index (κ1) is 14.9. The summed E-state index contributed by atoms with van der Waals surface area (Å²) in [6.07, 6.45) is 6.48. The number of aliphatic hydroxyl groups excluding tert-OH is 1. The highest BCUT2D eigenvalue weighted by atomic mass is 35.5. The van der Waals surface area contributed by atoms with Gasteiger partial charge >= 0.3 is 0 Å². The minimum Gasteiger partial charge on any atom is -0.393 e. The highest BCUT2D eigenvalue weighted by molar-refractivity contribution is 6.33. The Bertz CT molecular complexity index is 562. The predicted molar refractivity (Wildman–Crippen MR) is 82.7 cm³/mol. The fraction of sp³-hybridized carbons (Fsp3) is 0.733. The Kier molecular flexibility index (Phi) is 4.22. The monoisotopic (exact) mass is 311 g/mol. The lowest BCUT2D eigenvalue weighted by molar-refractivity contribution is 0.0390. The molecule has 1 aromatic rings. The first-order valence-corrected chi connectivity index (χ1v) is 8.13. The van der Waals surface area contributed by atoms with E-state index in [0.29, 0.717) is 11.6 Å². The molecule has 1 aliphatic carbocycles. The number of hydrogen-bond donors (Lipinski definition) is 2. The van der Waals surface area contributed by atoms with Crippen LogP contribution < -0.4 is 10.5 Å². The van der Waals surface area contributed by atoms with Crippen molar-refractivity contribution in [2.45, 2.75) is 51.2 Å². The van der Waals surface area contributed by atoms with E-state index in [1.54, 1.807) is 6.20 Å². The van der Waals surface area contributed by atoms with Crippen molar-refractivity contribution in [3.05, 3.63) is 21.6 Å². The van der Waals surface area contributed by atoms with E-state index in [2.05, 4.69) is 22.0 Å². The summed E-state index contributed by atoms with van der Waals surface area (Å²) in [6, 6.07) is 0.254. The Hall–Kier alpha value is -1.07. The van der Waals surface area contributed by atoms with Crippen molar-refractivity contribution in [3.8, 4) is 0 Å². The molecule has 3 rings (SSSR count). The van der Waals surface area contributed by atoms with Gasteiger partial charge in [0, 0.05) is 18.5 Å². The summed E-state index contributed by atoms with van der Waals surface area (Å²) in [5, 5.41) is 16.8. The van der Waals surface area contributed by atoms with Gasteiger partial charge < -0.3 is 10.0 Å². The molecule has 1 aromatic heterocycles. The summed E-state index contributed by atoms with van der Waals surface area (Å²) >= 11 is 6.15. The average Bonchev–Trinajstić information content (AvgIpc) is 2.93. The Morgan fingerprint density at radius 3 is 3.05 bits per heavy atom. The van der Waals surface area contributed by atoms with Crippen molar-refractivity contribution < 1.29 is 5.11 Å². The lowest BCUT2D eigenvalue weighted by Crippen LogP contribution is -2.44. The second kappa shape index (κ2) is 5.97. The molecular weight excluding hydrogens is 290 g/mol. The number of aliphatic hydroxyl groups is 1. The van der Waals surface area contributed by atoms with Gasteiger partial charge in [0.15, 0.2) is 0 Å². The van der Waals surface area contributed by atoms with Crippen LogP contribution in [0.5, 0.6) is 0 Å². The van der Waals surface area contributed by atoms with Crippen molar-refractivity contribution >= 4 is 17.3 Å². The zero-order chi connectivity index (χ0) is 15.0. The third kappa shape index (κ3) is 2.81. The van der Waals surface area contributed by atoms with Crippen LogP contribution >= 0.6 is 11.6 Å². The van der Waals surface area contributed by atoms with Gasteiger partial charge in [-0.3, -0.25) is 4.79 Å². The first-order chi connectivity index (χ1) is 10.1. The lowest BCUT2D eigenvalue weighted by atomic mass is 9.76. The number of halogens is 1. The molecule has 0 bridgehead atoms. The molecule has 0 aromatic carbocycles. The van der Waals surface area contributed by atoms with Crippen LogP contribution in [-0.4, -0.2) is 34.0 Å². The van der Waals surface area contributed by atoms with E-state index in [0.717, 1.165) is 38.6 Å². The van der Waals surface area contributed by atoms with Crippen LogP contribution in [0.3, 0.4) is 0 Å².